The van der Waals surface area contributed by atoms with Gasteiger partial charge in [0, 0.05) is 0 Å². The fourth-order valence-electron chi connectivity index (χ4n) is 3.33. The zero-order valence-electron chi connectivity index (χ0n) is 12.8. The van der Waals surface area contributed by atoms with E-state index >= 15 is 0 Å². The summed E-state index contributed by atoms with van der Waals surface area (Å²) in [4.78, 5) is 0. The molecule has 3 heteroatoms. The molecule has 1 N–H and O–H groups in total. The molecule has 2 rings (SSSR count). The third-order valence-electron chi connectivity index (χ3n) is 4.52. The number of nitrogens with one attached hydrogen (secondary N) is 1. The lowest BCUT2D eigenvalue weighted by atomic mass is 9.71. The molecule has 0 heterocycles. The third-order valence-corrected chi connectivity index (χ3v) is 4.83. The van der Waals surface area contributed by atoms with Gasteiger partial charge in [-0.15, -0.1) is 0 Å². The Labute approximate surface area is 127 Å². The van der Waals surface area contributed by atoms with Crippen molar-refractivity contribution in [2.75, 3.05) is 20.2 Å². The Morgan fingerprint density at radius 2 is 2.15 bits per heavy atom. The molecule has 0 aromatic heterocycles. The van der Waals surface area contributed by atoms with Crippen molar-refractivity contribution >= 4 is 11.6 Å². The van der Waals surface area contributed by atoms with Gasteiger partial charge in [0.1, 0.15) is 5.75 Å². The second kappa shape index (κ2) is 7.33. The fraction of sp³-hybridized carbons (Fsp3) is 0.647. The van der Waals surface area contributed by atoms with Crippen LogP contribution in [0.15, 0.2) is 18.2 Å². The topological polar surface area (TPSA) is 21.3 Å². The summed E-state index contributed by atoms with van der Waals surface area (Å²) in [7, 11) is 1.69. The molecule has 3 unspecified atom stereocenters. The van der Waals surface area contributed by atoms with Crippen LogP contribution in [0.1, 0.15) is 44.6 Å². The van der Waals surface area contributed by atoms with Crippen LogP contribution in [0.2, 0.25) is 5.02 Å². The number of benzene rings is 1. The van der Waals surface area contributed by atoms with Crippen LogP contribution < -0.4 is 10.1 Å². The second-order valence-electron chi connectivity index (χ2n) is 5.99. The molecule has 2 nitrogen and oxygen atoms in total. The summed E-state index contributed by atoms with van der Waals surface area (Å²) in [5.41, 5.74) is 1.38. The Morgan fingerprint density at radius 3 is 2.85 bits per heavy atom. The maximum atomic E-state index is 6.15. The average Bonchev–Trinajstić information content (AvgIpc) is 2.46. The van der Waals surface area contributed by atoms with Crippen molar-refractivity contribution in [2.24, 2.45) is 11.8 Å². The zero-order valence-corrected chi connectivity index (χ0v) is 13.5. The van der Waals surface area contributed by atoms with E-state index in [0.29, 0.717) is 10.9 Å². The van der Waals surface area contributed by atoms with E-state index < -0.39 is 0 Å². The highest BCUT2D eigenvalue weighted by Gasteiger charge is 2.29. The molecular weight excluding hydrogens is 270 g/mol. The van der Waals surface area contributed by atoms with Crippen molar-refractivity contribution in [3.63, 3.8) is 0 Å². The van der Waals surface area contributed by atoms with E-state index in [2.05, 4.69) is 31.3 Å². The van der Waals surface area contributed by atoms with Crippen LogP contribution in [0.25, 0.3) is 0 Å². The van der Waals surface area contributed by atoms with E-state index in [4.69, 9.17) is 16.3 Å². The fourth-order valence-corrected chi connectivity index (χ4v) is 3.53. The number of hydrogen-bond donors (Lipinski definition) is 1. The maximum Gasteiger partial charge on any atom is 0.137 e. The van der Waals surface area contributed by atoms with Crippen LogP contribution in [-0.2, 0) is 0 Å². The van der Waals surface area contributed by atoms with E-state index in [-0.39, 0.29) is 0 Å². The molecule has 1 aliphatic rings. The van der Waals surface area contributed by atoms with Crippen molar-refractivity contribution in [2.45, 2.75) is 39.0 Å². The van der Waals surface area contributed by atoms with Gasteiger partial charge in [-0.05, 0) is 61.4 Å². The lowest BCUT2D eigenvalue weighted by Crippen LogP contribution is -2.31. The van der Waals surface area contributed by atoms with Crippen molar-refractivity contribution in [3.8, 4) is 5.75 Å². The van der Waals surface area contributed by atoms with Crippen LogP contribution in [0.5, 0.6) is 5.75 Å². The van der Waals surface area contributed by atoms with Gasteiger partial charge in [0.2, 0.25) is 0 Å². The number of ether oxygens (including phenoxy) is 1. The van der Waals surface area contributed by atoms with Gasteiger partial charge in [-0.2, -0.15) is 0 Å². The van der Waals surface area contributed by atoms with Crippen LogP contribution in [-0.4, -0.2) is 20.2 Å². The first-order valence-electron chi connectivity index (χ1n) is 7.69. The van der Waals surface area contributed by atoms with Crippen molar-refractivity contribution in [3.05, 3.63) is 28.8 Å². The minimum Gasteiger partial charge on any atom is -0.495 e. The largest absolute Gasteiger partial charge is 0.495 e. The quantitative estimate of drug-likeness (QED) is 0.865. The molecule has 112 valence electrons. The summed E-state index contributed by atoms with van der Waals surface area (Å²) in [6.07, 6.45) is 3.92. The maximum absolute atomic E-state index is 6.15. The van der Waals surface area contributed by atoms with E-state index in [1.54, 1.807) is 7.11 Å². The molecule has 1 saturated carbocycles. The van der Waals surface area contributed by atoms with E-state index in [1.807, 2.05) is 6.07 Å². The zero-order chi connectivity index (χ0) is 14.5. The first-order chi connectivity index (χ1) is 9.65. The van der Waals surface area contributed by atoms with Crippen molar-refractivity contribution in [1.82, 2.24) is 5.32 Å². The summed E-state index contributed by atoms with van der Waals surface area (Å²) in [5, 5.41) is 4.21. The molecular formula is C17H26ClNO. The summed E-state index contributed by atoms with van der Waals surface area (Å²) in [6, 6.07) is 6.27. The van der Waals surface area contributed by atoms with Gasteiger partial charge in [0.15, 0.2) is 0 Å². The number of hydrogen-bond acceptors (Lipinski definition) is 2. The predicted octanol–water partition coefficient (Wildman–Crippen LogP) is 4.48. The van der Waals surface area contributed by atoms with E-state index in [0.717, 1.165) is 30.7 Å². The minimum atomic E-state index is 0.615. The Morgan fingerprint density at radius 1 is 1.35 bits per heavy atom. The molecule has 0 radical (unpaired) electrons. The van der Waals surface area contributed by atoms with Crippen LogP contribution >= 0.6 is 11.6 Å². The van der Waals surface area contributed by atoms with Gasteiger partial charge in [0.05, 0.1) is 12.1 Å². The Balaban J connectivity index is 2.20. The summed E-state index contributed by atoms with van der Waals surface area (Å²) in [6.45, 7) is 6.69. The highest BCUT2D eigenvalue weighted by atomic mass is 35.5. The molecule has 0 saturated heterocycles. The smallest absolute Gasteiger partial charge is 0.137 e. The third kappa shape index (κ3) is 3.67. The summed E-state index contributed by atoms with van der Waals surface area (Å²) in [5.74, 6) is 2.94. The summed E-state index contributed by atoms with van der Waals surface area (Å²) < 4.78 is 5.37. The molecule has 20 heavy (non-hydrogen) atoms. The Bertz CT molecular complexity index is 433. The second-order valence-corrected chi connectivity index (χ2v) is 6.39. The number of halogens is 1. The average molecular weight is 296 g/mol. The molecule has 0 aliphatic heterocycles. The molecule has 1 aromatic rings. The first kappa shape index (κ1) is 15.7. The molecule has 1 aliphatic carbocycles. The normalized spacial score (nSPS) is 26.5. The highest BCUT2D eigenvalue weighted by molar-refractivity contribution is 6.32. The van der Waals surface area contributed by atoms with Crippen molar-refractivity contribution < 1.29 is 4.74 Å². The van der Waals surface area contributed by atoms with Gasteiger partial charge >= 0.3 is 0 Å². The lowest BCUT2D eigenvalue weighted by Gasteiger charge is -2.35. The SMILES string of the molecule is CCNCC1CCC(C)CC1c1ccc(Cl)c(OC)c1. The van der Waals surface area contributed by atoms with Gasteiger partial charge in [-0.1, -0.05) is 37.9 Å². The summed E-state index contributed by atoms with van der Waals surface area (Å²) >= 11 is 6.15. The Kier molecular flexibility index (Phi) is 5.74. The van der Waals surface area contributed by atoms with Gasteiger partial charge < -0.3 is 10.1 Å². The molecule has 0 amide bonds. The van der Waals surface area contributed by atoms with E-state index in [1.165, 1.54) is 24.8 Å². The predicted molar refractivity (Wildman–Crippen MR) is 85.8 cm³/mol. The van der Waals surface area contributed by atoms with Gasteiger partial charge in [-0.3, -0.25) is 0 Å². The lowest BCUT2D eigenvalue weighted by molar-refractivity contribution is 0.242. The molecule has 1 aromatic carbocycles. The van der Waals surface area contributed by atoms with Gasteiger partial charge in [0.25, 0.3) is 0 Å². The van der Waals surface area contributed by atoms with Crippen LogP contribution in [0.3, 0.4) is 0 Å². The van der Waals surface area contributed by atoms with Crippen LogP contribution in [0, 0.1) is 11.8 Å². The van der Waals surface area contributed by atoms with Crippen molar-refractivity contribution in [1.29, 1.82) is 0 Å². The molecule has 0 spiro atoms. The van der Waals surface area contributed by atoms with E-state index in [9.17, 15) is 0 Å². The molecule has 1 fully saturated rings. The monoisotopic (exact) mass is 295 g/mol. The Hall–Kier alpha value is -0.730. The molecule has 3 atom stereocenters. The number of methoxy groups -OCH3 is 1. The first-order valence-corrected chi connectivity index (χ1v) is 8.07. The van der Waals surface area contributed by atoms with Gasteiger partial charge in [-0.25, -0.2) is 0 Å². The van der Waals surface area contributed by atoms with Crippen LogP contribution in [0.4, 0.5) is 0 Å². The number of rotatable bonds is 5. The standard InChI is InChI=1S/C17H26ClNO/c1-4-19-11-14-6-5-12(2)9-15(14)13-7-8-16(18)17(10-13)20-3/h7-8,10,12,14-15,19H,4-6,9,11H2,1-3H3. The molecule has 0 bridgehead atoms. The highest BCUT2D eigenvalue weighted by Crippen LogP contribution is 2.42. The minimum absolute atomic E-state index is 0.615.